The predicted octanol–water partition coefficient (Wildman–Crippen LogP) is 4.81. The maximum absolute atomic E-state index is 13.2. The molecule has 34 heavy (non-hydrogen) atoms. The molecule has 2 N–H and O–H groups in total. The average Bonchev–Trinajstić information content (AvgIpc) is 2.79. The van der Waals surface area contributed by atoms with Gasteiger partial charge in [0.1, 0.15) is 23.1 Å². The fourth-order valence-corrected chi connectivity index (χ4v) is 3.85. The van der Waals surface area contributed by atoms with Gasteiger partial charge in [0, 0.05) is 53.3 Å². The van der Waals surface area contributed by atoms with Crippen LogP contribution < -0.4 is 14.8 Å². The Morgan fingerprint density at radius 2 is 1.91 bits per heavy atom. The molecule has 1 atom stereocenters. The zero-order valence-electron chi connectivity index (χ0n) is 18.5. The Bertz CT molecular complexity index is 1190. The first-order valence-corrected chi connectivity index (χ1v) is 10.8. The van der Waals surface area contributed by atoms with Gasteiger partial charge in [-0.05, 0) is 60.9 Å². The zero-order valence-corrected chi connectivity index (χ0v) is 21.3. The molecule has 0 saturated heterocycles. The van der Waals surface area contributed by atoms with Gasteiger partial charge in [-0.25, -0.2) is 4.39 Å². The zero-order chi connectivity index (χ0) is 23.4. The van der Waals surface area contributed by atoms with Crippen LogP contribution in [0, 0.1) is 5.82 Å². The third-order valence-corrected chi connectivity index (χ3v) is 5.63. The number of aliphatic carboxylic acids is 1. The minimum absolute atomic E-state index is 0. The molecule has 1 aliphatic rings. The van der Waals surface area contributed by atoms with Crippen molar-refractivity contribution in [2.45, 2.75) is 18.8 Å². The Labute approximate surface area is 223 Å². The third kappa shape index (κ3) is 6.30. The van der Waals surface area contributed by atoms with Gasteiger partial charge >= 0.3 is 5.97 Å². The quantitative estimate of drug-likeness (QED) is 0.462. The molecule has 9 heteroatoms. The van der Waals surface area contributed by atoms with Crippen LogP contribution in [0.1, 0.15) is 33.8 Å². The molecule has 1 radical (unpaired) electrons. The smallest absolute Gasteiger partial charge is 0.311 e. The van der Waals surface area contributed by atoms with Gasteiger partial charge < -0.3 is 19.9 Å². The van der Waals surface area contributed by atoms with Crippen LogP contribution in [0.15, 0.2) is 60.7 Å². The summed E-state index contributed by atoms with van der Waals surface area (Å²) in [4.78, 5) is 23.8. The summed E-state index contributed by atoms with van der Waals surface area (Å²) in [5, 5.41) is 12.5. The van der Waals surface area contributed by atoms with Crippen LogP contribution in [0.25, 0.3) is 0 Å². The molecule has 0 fully saturated rings. The molecule has 1 unspecified atom stereocenters. The van der Waals surface area contributed by atoms with E-state index in [1.807, 2.05) is 0 Å². The summed E-state index contributed by atoms with van der Waals surface area (Å²) in [6, 6.07) is 15.9. The van der Waals surface area contributed by atoms with E-state index < -0.39 is 11.9 Å². The van der Waals surface area contributed by atoms with E-state index >= 15 is 0 Å². The van der Waals surface area contributed by atoms with Gasteiger partial charge in [-0.15, -0.1) is 0 Å². The predicted molar refractivity (Wildman–Crippen MR) is 127 cm³/mol. The van der Waals surface area contributed by atoms with E-state index in [1.165, 1.54) is 12.1 Å². The van der Waals surface area contributed by atoms with Crippen molar-refractivity contribution in [3.05, 3.63) is 88.2 Å². The minimum atomic E-state index is -0.922. The number of halogens is 2. The largest absolute Gasteiger partial charge is 0.493 e. The van der Waals surface area contributed by atoms with Crippen LogP contribution in [0.4, 0.5) is 4.39 Å². The molecule has 1 heterocycles. The summed E-state index contributed by atoms with van der Waals surface area (Å²) < 4.78 is 24.6. The van der Waals surface area contributed by atoms with Gasteiger partial charge in [-0.2, -0.15) is 0 Å². The first kappa shape index (κ1) is 26.0. The van der Waals surface area contributed by atoms with E-state index in [2.05, 4.69) is 5.32 Å². The van der Waals surface area contributed by atoms with E-state index in [0.717, 1.165) is 5.56 Å². The number of carbonyl (C=O) groups is 2. The van der Waals surface area contributed by atoms with Crippen molar-refractivity contribution >= 4 is 53.0 Å². The number of hydrogen-bond donors (Lipinski definition) is 2. The van der Waals surface area contributed by atoms with Crippen LogP contribution in [0.5, 0.6) is 17.2 Å². The Morgan fingerprint density at radius 3 is 2.62 bits per heavy atom. The molecule has 1 amide bonds. The molecule has 3 aromatic carbocycles. The molecule has 171 valence electrons. The second kappa shape index (κ2) is 11.7. The van der Waals surface area contributed by atoms with Crippen LogP contribution in [0.2, 0.25) is 5.02 Å². The molecule has 3 aromatic rings. The minimum Gasteiger partial charge on any atom is -0.493 e. The van der Waals surface area contributed by atoms with Gasteiger partial charge in [-0.1, -0.05) is 23.7 Å². The van der Waals surface area contributed by atoms with Gasteiger partial charge in [0.15, 0.2) is 0 Å². The SMILES string of the molecule is O=C(NCCc1cccc(F)c1)c1ccc(Oc2cc3c(cc2Cl)C(C(=O)O)CCO3)cc1.[Na]. The summed E-state index contributed by atoms with van der Waals surface area (Å²) in [5.74, 6) is -0.928. The average molecular weight is 493 g/mol. The van der Waals surface area contributed by atoms with Crippen LogP contribution in [-0.2, 0) is 11.2 Å². The standard InChI is InChI=1S/C25H21ClFNO5.Na/c26-21-13-20-19(25(30)31)9-11-32-22(20)14-23(21)33-18-6-4-16(5-7-18)24(29)28-10-8-15-2-1-3-17(27)12-15;/h1-7,12-14,19H,8-11H2,(H,28,29)(H,30,31);. The number of benzene rings is 3. The van der Waals surface area contributed by atoms with E-state index in [1.54, 1.807) is 48.5 Å². The number of carboxylic acid groups (broad SMARTS) is 1. The van der Waals surface area contributed by atoms with Crippen molar-refractivity contribution in [2.75, 3.05) is 13.2 Å². The summed E-state index contributed by atoms with van der Waals surface area (Å²) in [5.41, 5.74) is 1.78. The van der Waals surface area contributed by atoms with Crippen molar-refractivity contribution in [3.8, 4) is 17.2 Å². The summed E-state index contributed by atoms with van der Waals surface area (Å²) >= 11 is 6.32. The summed E-state index contributed by atoms with van der Waals surface area (Å²) in [6.45, 7) is 0.677. The number of hydrogen-bond acceptors (Lipinski definition) is 4. The molecule has 0 saturated carbocycles. The van der Waals surface area contributed by atoms with Crippen molar-refractivity contribution in [1.82, 2.24) is 5.32 Å². The maximum atomic E-state index is 13.2. The first-order chi connectivity index (χ1) is 15.9. The van der Waals surface area contributed by atoms with Gasteiger partial charge in [0.05, 0.1) is 17.5 Å². The maximum Gasteiger partial charge on any atom is 0.311 e. The number of ether oxygens (including phenoxy) is 2. The number of amides is 1. The van der Waals surface area contributed by atoms with Crippen LogP contribution in [0.3, 0.4) is 0 Å². The molecular formula is C25H21ClFNNaO5. The third-order valence-electron chi connectivity index (χ3n) is 5.33. The molecule has 6 nitrogen and oxygen atoms in total. The Hall–Kier alpha value is -2.58. The fraction of sp³-hybridized carbons (Fsp3) is 0.200. The van der Waals surface area contributed by atoms with Crippen molar-refractivity contribution in [3.63, 3.8) is 0 Å². The molecule has 0 spiro atoms. The fourth-order valence-electron chi connectivity index (χ4n) is 3.64. The monoisotopic (exact) mass is 492 g/mol. The van der Waals surface area contributed by atoms with Crippen LogP contribution >= 0.6 is 11.6 Å². The Morgan fingerprint density at radius 1 is 1.15 bits per heavy atom. The van der Waals surface area contributed by atoms with E-state index in [-0.39, 0.29) is 46.3 Å². The van der Waals surface area contributed by atoms with E-state index in [0.29, 0.717) is 54.4 Å². The Balaban J connectivity index is 0.00000324. The molecule has 0 bridgehead atoms. The van der Waals surface area contributed by atoms with Crippen molar-refractivity contribution in [1.29, 1.82) is 0 Å². The summed E-state index contributed by atoms with van der Waals surface area (Å²) in [6.07, 6.45) is 0.900. The molecular weight excluding hydrogens is 472 g/mol. The van der Waals surface area contributed by atoms with Gasteiger partial charge in [0.25, 0.3) is 5.91 Å². The number of fused-ring (bicyclic) bond motifs is 1. The molecule has 0 aromatic heterocycles. The first-order valence-electron chi connectivity index (χ1n) is 10.4. The van der Waals surface area contributed by atoms with Crippen molar-refractivity contribution in [2.24, 2.45) is 0 Å². The van der Waals surface area contributed by atoms with E-state index in [9.17, 15) is 19.1 Å². The van der Waals surface area contributed by atoms with Gasteiger partial charge in [0.2, 0.25) is 0 Å². The number of rotatable bonds is 7. The molecule has 1 aliphatic heterocycles. The number of carboxylic acids is 1. The van der Waals surface area contributed by atoms with Gasteiger partial charge in [-0.3, -0.25) is 9.59 Å². The molecule has 0 aliphatic carbocycles. The topological polar surface area (TPSA) is 84.9 Å². The summed E-state index contributed by atoms with van der Waals surface area (Å²) in [7, 11) is 0. The number of nitrogens with one attached hydrogen (secondary N) is 1. The Kier molecular flexibility index (Phi) is 8.97. The molecule has 4 rings (SSSR count). The normalized spacial score (nSPS) is 14.2. The van der Waals surface area contributed by atoms with Crippen LogP contribution in [-0.4, -0.2) is 59.7 Å². The van der Waals surface area contributed by atoms with Crippen molar-refractivity contribution < 1.29 is 28.6 Å². The second-order valence-corrected chi connectivity index (χ2v) is 8.02. The number of carbonyl (C=O) groups excluding carboxylic acids is 1. The second-order valence-electron chi connectivity index (χ2n) is 7.61. The van der Waals surface area contributed by atoms with E-state index in [4.69, 9.17) is 21.1 Å².